The van der Waals surface area contributed by atoms with E-state index < -0.39 is 0 Å². The zero-order valence-electron chi connectivity index (χ0n) is 9.74. The Morgan fingerprint density at radius 2 is 2.24 bits per heavy atom. The van der Waals surface area contributed by atoms with Gasteiger partial charge in [-0.05, 0) is 37.3 Å². The topological polar surface area (TPSA) is 76.4 Å². The molecule has 1 aromatic rings. The molecule has 0 aliphatic carbocycles. The molecule has 0 bridgehead atoms. The van der Waals surface area contributed by atoms with E-state index in [0.29, 0.717) is 28.7 Å². The molecule has 1 aromatic carbocycles. The van der Waals surface area contributed by atoms with Gasteiger partial charge in [0.25, 0.3) is 0 Å². The third kappa shape index (κ3) is 3.60. The molecule has 0 saturated heterocycles. The maximum Gasteiger partial charge on any atom is 0.338 e. The lowest BCUT2D eigenvalue weighted by molar-refractivity contribution is 0.0526. The predicted octanol–water partition coefficient (Wildman–Crippen LogP) is 1.36. The lowest BCUT2D eigenvalue weighted by Gasteiger charge is -2.10. The van der Waals surface area contributed by atoms with Crippen molar-refractivity contribution in [3.63, 3.8) is 0 Å². The Morgan fingerprint density at radius 1 is 1.53 bits per heavy atom. The molecular weight excluding hydrogens is 238 g/mol. The summed E-state index contributed by atoms with van der Waals surface area (Å²) in [6, 6.07) is 4.87. The van der Waals surface area contributed by atoms with Crippen LogP contribution in [0.4, 0.5) is 11.4 Å². The molecule has 92 valence electrons. The van der Waals surface area contributed by atoms with E-state index in [1.807, 2.05) is 0 Å². The fraction of sp³-hybridized carbons (Fsp3) is 0.273. The van der Waals surface area contributed by atoms with Gasteiger partial charge in [0.05, 0.1) is 23.5 Å². The minimum Gasteiger partial charge on any atom is -0.462 e. The summed E-state index contributed by atoms with van der Waals surface area (Å²) in [5.41, 5.74) is 7.31. The summed E-state index contributed by atoms with van der Waals surface area (Å²) in [7, 11) is 1.71. The Labute approximate surface area is 105 Å². The van der Waals surface area contributed by atoms with Gasteiger partial charge in [-0.1, -0.05) is 0 Å². The van der Waals surface area contributed by atoms with Crippen molar-refractivity contribution in [2.24, 2.45) is 0 Å². The number of nitrogens with two attached hydrogens (primary N) is 1. The Morgan fingerprint density at radius 3 is 2.76 bits per heavy atom. The third-order valence-electron chi connectivity index (χ3n) is 2.04. The monoisotopic (exact) mass is 253 g/mol. The smallest absolute Gasteiger partial charge is 0.338 e. The van der Waals surface area contributed by atoms with Crippen LogP contribution in [-0.2, 0) is 4.74 Å². The van der Waals surface area contributed by atoms with Gasteiger partial charge < -0.3 is 21.1 Å². The average molecular weight is 253 g/mol. The van der Waals surface area contributed by atoms with Gasteiger partial charge in [-0.3, -0.25) is 0 Å². The molecule has 0 saturated carbocycles. The number of carbonyl (C=O) groups excluding carboxylic acids is 1. The van der Waals surface area contributed by atoms with Crippen LogP contribution in [0.3, 0.4) is 0 Å². The van der Waals surface area contributed by atoms with Crippen LogP contribution < -0.4 is 16.4 Å². The Balaban J connectivity index is 2.86. The van der Waals surface area contributed by atoms with Crippen molar-refractivity contribution >= 4 is 34.7 Å². The summed E-state index contributed by atoms with van der Waals surface area (Å²) >= 11 is 4.95. The van der Waals surface area contributed by atoms with Gasteiger partial charge in [-0.15, -0.1) is 0 Å². The van der Waals surface area contributed by atoms with E-state index in [1.54, 1.807) is 32.2 Å². The van der Waals surface area contributed by atoms with Crippen molar-refractivity contribution in [2.75, 3.05) is 24.7 Å². The number of esters is 1. The minimum absolute atomic E-state index is 0.336. The molecule has 0 spiro atoms. The van der Waals surface area contributed by atoms with Crippen LogP contribution in [0.2, 0.25) is 0 Å². The highest BCUT2D eigenvalue weighted by atomic mass is 32.1. The molecule has 0 unspecified atom stereocenters. The molecule has 5 nitrogen and oxygen atoms in total. The van der Waals surface area contributed by atoms with Crippen molar-refractivity contribution in [3.05, 3.63) is 23.8 Å². The number of nitrogens with one attached hydrogen (secondary N) is 2. The quantitative estimate of drug-likeness (QED) is 0.429. The molecule has 17 heavy (non-hydrogen) atoms. The molecular formula is C11H15N3O2S. The average Bonchev–Trinajstić information content (AvgIpc) is 2.31. The summed E-state index contributed by atoms with van der Waals surface area (Å²) in [6.45, 7) is 2.09. The van der Waals surface area contributed by atoms with E-state index in [2.05, 4.69) is 10.6 Å². The van der Waals surface area contributed by atoms with E-state index in [4.69, 9.17) is 22.7 Å². The number of thiocarbonyl (C=S) groups is 1. The molecule has 0 heterocycles. The van der Waals surface area contributed by atoms with Gasteiger partial charge in [0.2, 0.25) is 0 Å². The third-order valence-corrected chi connectivity index (χ3v) is 2.34. The normalized spacial score (nSPS) is 9.53. The van der Waals surface area contributed by atoms with E-state index in [-0.39, 0.29) is 5.97 Å². The van der Waals surface area contributed by atoms with Gasteiger partial charge in [-0.2, -0.15) is 0 Å². The first kappa shape index (κ1) is 13.2. The summed E-state index contributed by atoms with van der Waals surface area (Å²) in [5, 5.41) is 6.13. The number of anilines is 2. The van der Waals surface area contributed by atoms with E-state index in [0.717, 1.165) is 0 Å². The van der Waals surface area contributed by atoms with Gasteiger partial charge in [0.15, 0.2) is 5.11 Å². The maximum atomic E-state index is 11.5. The number of benzene rings is 1. The van der Waals surface area contributed by atoms with Crippen LogP contribution in [-0.4, -0.2) is 24.7 Å². The standard InChI is InChI=1S/C11H15N3O2S/c1-3-16-10(15)7-4-5-9(8(12)6-7)14-11(17)13-2/h4-6H,3,12H2,1-2H3,(H2,13,14,17). The summed E-state index contributed by atoms with van der Waals surface area (Å²) in [5.74, 6) is -0.387. The lowest BCUT2D eigenvalue weighted by Crippen LogP contribution is -2.24. The molecule has 6 heteroatoms. The molecule has 0 radical (unpaired) electrons. The first-order chi connectivity index (χ1) is 8.08. The fourth-order valence-corrected chi connectivity index (χ4v) is 1.31. The maximum absolute atomic E-state index is 11.5. The highest BCUT2D eigenvalue weighted by molar-refractivity contribution is 7.80. The molecule has 1 rings (SSSR count). The number of carbonyl (C=O) groups is 1. The van der Waals surface area contributed by atoms with Crippen molar-refractivity contribution in [1.82, 2.24) is 5.32 Å². The zero-order chi connectivity index (χ0) is 12.8. The van der Waals surface area contributed by atoms with E-state index in [1.165, 1.54) is 0 Å². The number of hydrogen-bond acceptors (Lipinski definition) is 4. The molecule has 0 amide bonds. The Hall–Kier alpha value is -1.82. The van der Waals surface area contributed by atoms with Crippen LogP contribution >= 0.6 is 12.2 Å². The van der Waals surface area contributed by atoms with Crippen LogP contribution in [0.15, 0.2) is 18.2 Å². The molecule has 0 fully saturated rings. The summed E-state index contributed by atoms with van der Waals surface area (Å²) in [6.07, 6.45) is 0. The summed E-state index contributed by atoms with van der Waals surface area (Å²) < 4.78 is 4.87. The van der Waals surface area contributed by atoms with Gasteiger partial charge in [0, 0.05) is 7.05 Å². The fourth-order valence-electron chi connectivity index (χ4n) is 1.20. The van der Waals surface area contributed by atoms with Crippen molar-refractivity contribution in [1.29, 1.82) is 0 Å². The van der Waals surface area contributed by atoms with Crippen LogP contribution in [0, 0.1) is 0 Å². The largest absolute Gasteiger partial charge is 0.462 e. The second kappa shape index (κ2) is 6.05. The second-order valence-electron chi connectivity index (χ2n) is 3.23. The lowest BCUT2D eigenvalue weighted by atomic mass is 10.2. The molecule has 0 aliphatic heterocycles. The first-order valence-corrected chi connectivity index (χ1v) is 5.54. The SMILES string of the molecule is CCOC(=O)c1ccc(NC(=S)NC)c(N)c1. The highest BCUT2D eigenvalue weighted by Gasteiger charge is 2.09. The van der Waals surface area contributed by atoms with Crippen LogP contribution in [0.25, 0.3) is 0 Å². The van der Waals surface area contributed by atoms with Crippen molar-refractivity contribution in [3.8, 4) is 0 Å². The second-order valence-corrected chi connectivity index (χ2v) is 3.63. The number of hydrogen-bond donors (Lipinski definition) is 3. The predicted molar refractivity (Wildman–Crippen MR) is 72.1 cm³/mol. The number of rotatable bonds is 3. The minimum atomic E-state index is -0.387. The first-order valence-electron chi connectivity index (χ1n) is 5.13. The Kier molecular flexibility index (Phi) is 4.71. The number of ether oxygens (including phenoxy) is 1. The van der Waals surface area contributed by atoms with Gasteiger partial charge in [0.1, 0.15) is 0 Å². The number of nitrogen functional groups attached to an aromatic ring is 1. The van der Waals surface area contributed by atoms with E-state index >= 15 is 0 Å². The van der Waals surface area contributed by atoms with Crippen LogP contribution in [0.5, 0.6) is 0 Å². The van der Waals surface area contributed by atoms with Crippen molar-refractivity contribution < 1.29 is 9.53 Å². The zero-order valence-corrected chi connectivity index (χ0v) is 10.6. The van der Waals surface area contributed by atoms with Crippen LogP contribution in [0.1, 0.15) is 17.3 Å². The summed E-state index contributed by atoms with van der Waals surface area (Å²) in [4.78, 5) is 11.5. The van der Waals surface area contributed by atoms with E-state index in [9.17, 15) is 4.79 Å². The molecule has 0 aromatic heterocycles. The molecule has 4 N–H and O–H groups in total. The molecule has 0 atom stereocenters. The highest BCUT2D eigenvalue weighted by Crippen LogP contribution is 2.20. The van der Waals surface area contributed by atoms with Gasteiger partial charge in [-0.25, -0.2) is 4.79 Å². The molecule has 0 aliphatic rings. The Bertz CT molecular complexity index is 435. The van der Waals surface area contributed by atoms with Crippen molar-refractivity contribution in [2.45, 2.75) is 6.92 Å². The van der Waals surface area contributed by atoms with Gasteiger partial charge >= 0.3 is 5.97 Å².